The highest BCUT2D eigenvalue weighted by Crippen LogP contribution is 2.30. The van der Waals surface area contributed by atoms with E-state index in [2.05, 4.69) is 44.5 Å². The van der Waals surface area contributed by atoms with Crippen molar-refractivity contribution in [1.29, 1.82) is 0 Å². The molecule has 4 rings (SSSR count). The number of halogens is 2. The van der Waals surface area contributed by atoms with Crippen molar-refractivity contribution >= 4 is 34.5 Å². The van der Waals surface area contributed by atoms with Crippen LogP contribution in [0.4, 0.5) is 25.8 Å². The molecular formula is C24H30F2N8O. The number of nitrogens with zero attached hydrogens (tertiary/aromatic N) is 5. The number of piperazine rings is 1. The largest absolute Gasteiger partial charge is 0.383 e. The Kier molecular flexibility index (Phi) is 6.70. The lowest BCUT2D eigenvalue weighted by Gasteiger charge is -2.38. The van der Waals surface area contributed by atoms with E-state index in [0.29, 0.717) is 24.6 Å². The molecule has 2 unspecified atom stereocenters. The second-order valence-electron chi connectivity index (χ2n) is 9.34. The zero-order valence-corrected chi connectivity index (χ0v) is 20.4. The highest BCUT2D eigenvalue weighted by Gasteiger charge is 2.25. The quantitative estimate of drug-likeness (QED) is 0.379. The molecule has 1 aliphatic rings. The molecule has 1 fully saturated rings. The molecule has 1 aliphatic heterocycles. The molecule has 186 valence electrons. The number of pyridine rings is 1. The average molecular weight is 485 g/mol. The van der Waals surface area contributed by atoms with E-state index in [4.69, 9.17) is 5.73 Å². The van der Waals surface area contributed by atoms with E-state index in [9.17, 15) is 9.18 Å². The number of carbonyl (C=O) groups excluding carboxylic acids is 1. The Balaban J connectivity index is 1.78. The molecule has 9 nitrogen and oxygen atoms in total. The fourth-order valence-corrected chi connectivity index (χ4v) is 4.24. The van der Waals surface area contributed by atoms with Gasteiger partial charge in [0.1, 0.15) is 17.5 Å². The summed E-state index contributed by atoms with van der Waals surface area (Å²) in [5.41, 5.74) is 7.18. The number of fused-ring (bicyclic) bond motifs is 1. The van der Waals surface area contributed by atoms with Crippen LogP contribution in [0.15, 0.2) is 29.4 Å². The Bertz CT molecular complexity index is 1290. The van der Waals surface area contributed by atoms with Crippen LogP contribution in [0.2, 0.25) is 0 Å². The van der Waals surface area contributed by atoms with Gasteiger partial charge in [0.15, 0.2) is 11.5 Å². The Hall–Kier alpha value is -3.60. The molecular weight excluding hydrogens is 454 g/mol. The Morgan fingerprint density at radius 2 is 1.89 bits per heavy atom. The molecule has 3 aromatic rings. The van der Waals surface area contributed by atoms with Crippen LogP contribution in [0.3, 0.4) is 0 Å². The maximum absolute atomic E-state index is 15.5. The lowest BCUT2D eigenvalue weighted by atomic mass is 10.1. The Morgan fingerprint density at radius 1 is 1.20 bits per heavy atom. The highest BCUT2D eigenvalue weighted by atomic mass is 19.1. The van der Waals surface area contributed by atoms with Crippen molar-refractivity contribution in [1.82, 2.24) is 19.9 Å². The van der Waals surface area contributed by atoms with Gasteiger partial charge in [-0.1, -0.05) is 13.8 Å². The van der Waals surface area contributed by atoms with Crippen molar-refractivity contribution in [2.45, 2.75) is 46.7 Å². The molecule has 0 bridgehead atoms. The van der Waals surface area contributed by atoms with Crippen molar-refractivity contribution in [2.24, 2.45) is 16.6 Å². The van der Waals surface area contributed by atoms with Gasteiger partial charge in [-0.15, -0.1) is 0 Å². The maximum atomic E-state index is 15.5. The fourth-order valence-electron chi connectivity index (χ4n) is 4.24. The minimum absolute atomic E-state index is 0.0555. The number of aliphatic imine (C=N–C) groups is 1. The van der Waals surface area contributed by atoms with Gasteiger partial charge < -0.3 is 21.3 Å². The lowest BCUT2D eigenvalue weighted by molar-refractivity contribution is -0.118. The van der Waals surface area contributed by atoms with E-state index in [0.717, 1.165) is 6.07 Å². The predicted molar refractivity (Wildman–Crippen MR) is 132 cm³/mol. The van der Waals surface area contributed by atoms with Crippen molar-refractivity contribution in [3.8, 4) is 0 Å². The Labute approximate surface area is 202 Å². The molecule has 2 atom stereocenters. The second kappa shape index (κ2) is 9.57. The zero-order chi connectivity index (χ0) is 25.4. The highest BCUT2D eigenvalue weighted by molar-refractivity contribution is 6.07. The third kappa shape index (κ3) is 5.24. The van der Waals surface area contributed by atoms with E-state index in [-0.39, 0.29) is 52.3 Å². The van der Waals surface area contributed by atoms with Crippen molar-refractivity contribution in [3.05, 3.63) is 47.4 Å². The number of nitrogens with two attached hydrogens (primary N) is 1. The van der Waals surface area contributed by atoms with Crippen LogP contribution in [0.1, 0.15) is 39.1 Å². The SMILES string of the molecule is Cc1nc2c(F)cc(N=C(N)c3c(F)cc(N4CC(C)NC(C)C4)cc3NC(=O)C(C)C)cn2n1. The van der Waals surface area contributed by atoms with Gasteiger partial charge in [0.05, 0.1) is 23.1 Å². The third-order valence-corrected chi connectivity index (χ3v) is 5.77. The summed E-state index contributed by atoms with van der Waals surface area (Å²) in [4.78, 5) is 22.9. The van der Waals surface area contributed by atoms with E-state index in [1.54, 1.807) is 26.8 Å². The minimum atomic E-state index is -0.639. The number of amides is 1. The smallest absolute Gasteiger partial charge is 0.226 e. The summed E-state index contributed by atoms with van der Waals surface area (Å²) in [6.45, 7) is 10.6. The monoisotopic (exact) mass is 484 g/mol. The summed E-state index contributed by atoms with van der Waals surface area (Å²) in [5.74, 6) is -1.70. The number of anilines is 2. The maximum Gasteiger partial charge on any atom is 0.226 e. The number of rotatable bonds is 5. The molecule has 0 saturated carbocycles. The number of nitrogens with one attached hydrogen (secondary N) is 2. The fraction of sp³-hybridized carbons (Fsp3) is 0.417. The first kappa shape index (κ1) is 24.5. The summed E-state index contributed by atoms with van der Waals surface area (Å²) in [5, 5.41) is 10.3. The van der Waals surface area contributed by atoms with Crippen LogP contribution >= 0.6 is 0 Å². The molecule has 1 aromatic carbocycles. The molecule has 11 heteroatoms. The number of aromatic nitrogens is 3. The standard InChI is InChI=1S/C24H30F2N8O/c1-12(2)24(35)31-20-8-17(33-9-13(3)28-14(4)10-33)7-18(25)21(20)22(27)30-16-6-19(26)23-29-15(5)32-34(23)11-16/h6-8,11-14,28H,9-10H2,1-5H3,(H2,27,30)(H,31,35). The summed E-state index contributed by atoms with van der Waals surface area (Å²) in [7, 11) is 0. The third-order valence-electron chi connectivity index (χ3n) is 5.77. The van der Waals surface area contributed by atoms with Crippen LogP contribution < -0.4 is 21.3 Å². The van der Waals surface area contributed by atoms with Crippen LogP contribution in [0.25, 0.3) is 5.65 Å². The molecule has 0 spiro atoms. The zero-order valence-electron chi connectivity index (χ0n) is 20.4. The van der Waals surface area contributed by atoms with E-state index >= 15 is 4.39 Å². The van der Waals surface area contributed by atoms with E-state index in [1.807, 2.05) is 0 Å². The number of hydrogen-bond donors (Lipinski definition) is 3. The molecule has 1 amide bonds. The summed E-state index contributed by atoms with van der Waals surface area (Å²) >= 11 is 0. The van der Waals surface area contributed by atoms with Gasteiger partial charge in [-0.05, 0) is 32.9 Å². The number of benzene rings is 1. The van der Waals surface area contributed by atoms with Crippen LogP contribution in [0, 0.1) is 24.5 Å². The van der Waals surface area contributed by atoms with Crippen molar-refractivity contribution in [2.75, 3.05) is 23.3 Å². The molecule has 0 aliphatic carbocycles. The van der Waals surface area contributed by atoms with Crippen LogP contribution in [-0.4, -0.2) is 51.5 Å². The number of carbonyl (C=O) groups is 1. The predicted octanol–water partition coefficient (Wildman–Crippen LogP) is 3.13. The first-order chi connectivity index (χ1) is 16.5. The van der Waals surface area contributed by atoms with Gasteiger partial charge in [-0.2, -0.15) is 5.10 Å². The minimum Gasteiger partial charge on any atom is -0.383 e. The van der Waals surface area contributed by atoms with Gasteiger partial charge in [0, 0.05) is 42.8 Å². The number of amidine groups is 1. The topological polar surface area (TPSA) is 113 Å². The number of hydrogen-bond acceptors (Lipinski definition) is 6. The molecule has 35 heavy (non-hydrogen) atoms. The van der Waals surface area contributed by atoms with Gasteiger partial charge in [-0.3, -0.25) is 4.79 Å². The van der Waals surface area contributed by atoms with Crippen LogP contribution in [-0.2, 0) is 4.79 Å². The van der Waals surface area contributed by atoms with Gasteiger partial charge in [0.2, 0.25) is 5.91 Å². The van der Waals surface area contributed by atoms with E-state index in [1.165, 1.54) is 16.8 Å². The van der Waals surface area contributed by atoms with Gasteiger partial charge >= 0.3 is 0 Å². The molecule has 0 radical (unpaired) electrons. The van der Waals surface area contributed by atoms with Gasteiger partial charge in [-0.25, -0.2) is 23.3 Å². The van der Waals surface area contributed by atoms with E-state index < -0.39 is 11.6 Å². The Morgan fingerprint density at radius 3 is 2.54 bits per heavy atom. The lowest BCUT2D eigenvalue weighted by Crippen LogP contribution is -2.54. The summed E-state index contributed by atoms with van der Waals surface area (Å²) < 4.78 is 31.3. The molecule has 3 heterocycles. The van der Waals surface area contributed by atoms with Gasteiger partial charge in [0.25, 0.3) is 0 Å². The normalized spacial score (nSPS) is 19.0. The van der Waals surface area contributed by atoms with Crippen LogP contribution in [0.5, 0.6) is 0 Å². The first-order valence-electron chi connectivity index (χ1n) is 11.5. The molecule has 2 aromatic heterocycles. The summed E-state index contributed by atoms with van der Waals surface area (Å²) in [6.07, 6.45) is 1.45. The first-order valence-corrected chi connectivity index (χ1v) is 11.5. The van der Waals surface area contributed by atoms with Crippen molar-refractivity contribution in [3.63, 3.8) is 0 Å². The second-order valence-corrected chi connectivity index (χ2v) is 9.34. The average Bonchev–Trinajstić information content (AvgIpc) is 3.13. The molecule has 1 saturated heterocycles. The number of aryl methyl sites for hydroxylation is 1. The summed E-state index contributed by atoms with van der Waals surface area (Å²) in [6, 6.07) is 4.67. The van der Waals surface area contributed by atoms with Crippen molar-refractivity contribution < 1.29 is 13.6 Å². The molecule has 4 N–H and O–H groups in total.